The fraction of sp³-hybridized carbons (Fsp3) is 1.00. The Morgan fingerprint density at radius 3 is 2.50 bits per heavy atom. The largest absolute Gasteiger partial charge is 0.329 e. The number of hydrogen-bond acceptors (Lipinski definition) is 3. The molecule has 96 valence electrons. The summed E-state index contributed by atoms with van der Waals surface area (Å²) in [5.41, 5.74) is 6.31. The molecule has 1 saturated heterocycles. The van der Waals surface area contributed by atoms with Crippen LogP contribution in [-0.4, -0.2) is 41.6 Å². The van der Waals surface area contributed by atoms with Crippen molar-refractivity contribution in [2.24, 2.45) is 11.7 Å². The van der Waals surface area contributed by atoms with Crippen LogP contribution in [0.2, 0.25) is 0 Å². The predicted octanol–water partition coefficient (Wildman–Crippen LogP) is 2.58. The third-order valence-corrected chi connectivity index (χ3v) is 5.22. The molecular weight excluding hydrogens is 216 g/mol. The lowest BCUT2D eigenvalue weighted by Gasteiger charge is -2.47. The molecule has 0 saturated carbocycles. The van der Waals surface area contributed by atoms with E-state index in [0.29, 0.717) is 6.04 Å². The lowest BCUT2D eigenvalue weighted by molar-refractivity contribution is 0.0825. The zero-order chi connectivity index (χ0) is 12.2. The molecule has 1 heterocycles. The molecule has 0 bridgehead atoms. The number of hydrogen-bond donors (Lipinski definition) is 1. The summed E-state index contributed by atoms with van der Waals surface area (Å²) in [6.45, 7) is 7.75. The van der Waals surface area contributed by atoms with Gasteiger partial charge in [0.1, 0.15) is 0 Å². The van der Waals surface area contributed by atoms with E-state index in [4.69, 9.17) is 5.73 Å². The normalized spacial score (nSPS) is 28.7. The van der Waals surface area contributed by atoms with Gasteiger partial charge in [-0.2, -0.15) is 11.8 Å². The van der Waals surface area contributed by atoms with Gasteiger partial charge < -0.3 is 5.73 Å². The first-order valence-corrected chi connectivity index (χ1v) is 7.68. The monoisotopic (exact) mass is 244 g/mol. The standard InChI is InChI=1S/C13H28N2S/c1-11(2)8-12(3)15(4)13(9-14)6-5-7-16-10-13/h11-12H,5-10,14H2,1-4H3. The van der Waals surface area contributed by atoms with Gasteiger partial charge in [-0.1, -0.05) is 13.8 Å². The van der Waals surface area contributed by atoms with E-state index in [9.17, 15) is 0 Å². The van der Waals surface area contributed by atoms with Crippen LogP contribution in [0.15, 0.2) is 0 Å². The van der Waals surface area contributed by atoms with Crippen molar-refractivity contribution in [2.75, 3.05) is 25.1 Å². The summed E-state index contributed by atoms with van der Waals surface area (Å²) in [7, 11) is 2.27. The number of nitrogens with two attached hydrogens (primary N) is 1. The van der Waals surface area contributed by atoms with Crippen LogP contribution in [0.1, 0.15) is 40.0 Å². The summed E-state index contributed by atoms with van der Waals surface area (Å²) in [6.07, 6.45) is 3.86. The quantitative estimate of drug-likeness (QED) is 0.806. The Kier molecular flexibility index (Phi) is 5.62. The molecule has 2 nitrogen and oxygen atoms in total. The summed E-state index contributed by atoms with van der Waals surface area (Å²) in [4.78, 5) is 2.55. The van der Waals surface area contributed by atoms with Crippen LogP contribution in [0, 0.1) is 5.92 Å². The summed E-state index contributed by atoms with van der Waals surface area (Å²) >= 11 is 2.07. The van der Waals surface area contributed by atoms with Crippen molar-refractivity contribution in [3.05, 3.63) is 0 Å². The van der Waals surface area contributed by atoms with Gasteiger partial charge in [0, 0.05) is 23.9 Å². The Morgan fingerprint density at radius 1 is 1.38 bits per heavy atom. The molecule has 16 heavy (non-hydrogen) atoms. The minimum absolute atomic E-state index is 0.261. The molecule has 0 radical (unpaired) electrons. The maximum Gasteiger partial charge on any atom is 0.0421 e. The van der Waals surface area contributed by atoms with Crippen molar-refractivity contribution < 1.29 is 0 Å². The van der Waals surface area contributed by atoms with Crippen LogP contribution in [0.5, 0.6) is 0 Å². The first-order valence-electron chi connectivity index (χ1n) is 6.52. The van der Waals surface area contributed by atoms with E-state index in [-0.39, 0.29) is 5.54 Å². The van der Waals surface area contributed by atoms with Crippen molar-refractivity contribution in [2.45, 2.75) is 51.6 Å². The second kappa shape index (κ2) is 6.27. The Balaban J connectivity index is 2.63. The molecule has 0 amide bonds. The Bertz CT molecular complexity index is 200. The Morgan fingerprint density at radius 2 is 2.06 bits per heavy atom. The number of thioether (sulfide) groups is 1. The fourth-order valence-corrected chi connectivity index (χ4v) is 4.07. The first kappa shape index (κ1) is 14.3. The topological polar surface area (TPSA) is 29.3 Å². The second-order valence-electron chi connectivity index (χ2n) is 5.67. The van der Waals surface area contributed by atoms with Crippen molar-refractivity contribution in [3.63, 3.8) is 0 Å². The highest BCUT2D eigenvalue weighted by Gasteiger charge is 2.37. The van der Waals surface area contributed by atoms with Crippen LogP contribution < -0.4 is 5.73 Å². The van der Waals surface area contributed by atoms with Gasteiger partial charge in [-0.3, -0.25) is 4.90 Å². The van der Waals surface area contributed by atoms with Gasteiger partial charge in [-0.15, -0.1) is 0 Å². The molecule has 3 heteroatoms. The van der Waals surface area contributed by atoms with E-state index in [1.54, 1.807) is 0 Å². The lowest BCUT2D eigenvalue weighted by atomic mass is 9.90. The van der Waals surface area contributed by atoms with Crippen molar-refractivity contribution in [3.8, 4) is 0 Å². The van der Waals surface area contributed by atoms with Gasteiger partial charge in [0.05, 0.1) is 0 Å². The molecular formula is C13H28N2S. The highest BCUT2D eigenvalue weighted by Crippen LogP contribution is 2.32. The van der Waals surface area contributed by atoms with Crippen LogP contribution >= 0.6 is 11.8 Å². The van der Waals surface area contributed by atoms with Crippen LogP contribution in [-0.2, 0) is 0 Å². The van der Waals surface area contributed by atoms with Gasteiger partial charge in [0.2, 0.25) is 0 Å². The Labute approximate surface area is 105 Å². The van der Waals surface area contributed by atoms with Gasteiger partial charge >= 0.3 is 0 Å². The summed E-state index contributed by atoms with van der Waals surface area (Å²) < 4.78 is 0. The van der Waals surface area contributed by atoms with Crippen molar-refractivity contribution in [1.29, 1.82) is 0 Å². The minimum Gasteiger partial charge on any atom is -0.329 e. The second-order valence-corrected chi connectivity index (χ2v) is 6.78. The summed E-state index contributed by atoms with van der Waals surface area (Å²) in [6, 6.07) is 0.641. The molecule has 1 fully saturated rings. The summed E-state index contributed by atoms with van der Waals surface area (Å²) in [5, 5.41) is 0. The van der Waals surface area contributed by atoms with E-state index in [2.05, 4.69) is 44.5 Å². The van der Waals surface area contributed by atoms with Crippen LogP contribution in [0.25, 0.3) is 0 Å². The molecule has 0 spiro atoms. The number of rotatable bonds is 5. The van der Waals surface area contributed by atoms with E-state index < -0.39 is 0 Å². The Hall–Kier alpha value is 0.270. The number of likely N-dealkylation sites (N-methyl/N-ethyl adjacent to an activating group) is 1. The minimum atomic E-state index is 0.261. The smallest absolute Gasteiger partial charge is 0.0421 e. The molecule has 1 aliphatic rings. The van der Waals surface area contributed by atoms with Crippen LogP contribution in [0.4, 0.5) is 0 Å². The molecule has 1 rings (SSSR count). The van der Waals surface area contributed by atoms with Gasteiger partial charge in [-0.05, 0) is 44.9 Å². The SMILES string of the molecule is CC(C)CC(C)N(C)C1(CN)CCCSC1. The maximum absolute atomic E-state index is 6.05. The zero-order valence-corrected chi connectivity index (χ0v) is 12.1. The molecule has 2 atom stereocenters. The average Bonchev–Trinajstić information content (AvgIpc) is 2.28. The van der Waals surface area contributed by atoms with Gasteiger partial charge in [0.25, 0.3) is 0 Å². The van der Waals surface area contributed by atoms with E-state index in [0.717, 1.165) is 12.5 Å². The zero-order valence-electron chi connectivity index (χ0n) is 11.3. The van der Waals surface area contributed by atoms with E-state index in [1.165, 1.54) is 30.8 Å². The summed E-state index contributed by atoms with van der Waals surface area (Å²) in [5.74, 6) is 3.29. The molecule has 0 aromatic heterocycles. The average molecular weight is 244 g/mol. The molecule has 0 aromatic rings. The molecule has 0 aliphatic carbocycles. The highest BCUT2D eigenvalue weighted by atomic mass is 32.2. The van der Waals surface area contributed by atoms with Gasteiger partial charge in [-0.25, -0.2) is 0 Å². The molecule has 2 unspecified atom stereocenters. The first-order chi connectivity index (χ1) is 7.52. The third-order valence-electron chi connectivity index (χ3n) is 3.90. The molecule has 0 aromatic carbocycles. The maximum atomic E-state index is 6.05. The molecule has 2 N–H and O–H groups in total. The van der Waals surface area contributed by atoms with Gasteiger partial charge in [0.15, 0.2) is 0 Å². The molecule has 1 aliphatic heterocycles. The highest BCUT2D eigenvalue weighted by molar-refractivity contribution is 7.99. The lowest BCUT2D eigenvalue weighted by Crippen LogP contribution is -2.58. The van der Waals surface area contributed by atoms with Crippen LogP contribution in [0.3, 0.4) is 0 Å². The van der Waals surface area contributed by atoms with E-state index >= 15 is 0 Å². The predicted molar refractivity (Wildman–Crippen MR) is 75.0 cm³/mol. The van der Waals surface area contributed by atoms with E-state index in [1.807, 2.05) is 0 Å². The van der Waals surface area contributed by atoms with Crippen molar-refractivity contribution >= 4 is 11.8 Å². The van der Waals surface area contributed by atoms with Crippen molar-refractivity contribution in [1.82, 2.24) is 4.90 Å². The number of nitrogens with zero attached hydrogens (tertiary/aromatic N) is 1. The fourth-order valence-electron chi connectivity index (χ4n) is 2.73. The third kappa shape index (κ3) is 3.38.